The molecule has 0 spiro atoms. The summed E-state index contributed by atoms with van der Waals surface area (Å²) in [5.74, 6) is 0.937. The molecule has 1 saturated carbocycles. The van der Waals surface area contributed by atoms with Crippen LogP contribution < -0.4 is 10.2 Å². The van der Waals surface area contributed by atoms with E-state index in [1.807, 2.05) is 0 Å². The van der Waals surface area contributed by atoms with E-state index < -0.39 is 0 Å². The molecule has 0 atom stereocenters. The minimum Gasteiger partial charge on any atom is -0.378 e. The van der Waals surface area contributed by atoms with E-state index in [-0.39, 0.29) is 0 Å². The molecule has 0 amide bonds. The van der Waals surface area contributed by atoms with E-state index in [2.05, 4.69) is 64.6 Å². The molecule has 1 aliphatic carbocycles. The van der Waals surface area contributed by atoms with Crippen molar-refractivity contribution in [2.75, 3.05) is 24.3 Å². The van der Waals surface area contributed by atoms with Crippen LogP contribution in [-0.2, 0) is 0 Å². The number of benzene rings is 1. The van der Waals surface area contributed by atoms with Crippen LogP contribution >= 0.6 is 0 Å². The van der Waals surface area contributed by atoms with E-state index in [1.165, 1.54) is 37.8 Å². The largest absolute Gasteiger partial charge is 0.378 e. The fourth-order valence-electron chi connectivity index (χ4n) is 2.99. The lowest BCUT2D eigenvalue weighted by molar-refractivity contribution is 0.462. The molecule has 3 rings (SSSR count). The average Bonchev–Trinajstić information content (AvgIpc) is 2.56. The predicted octanol–water partition coefficient (Wildman–Crippen LogP) is 3.95. The third-order valence-corrected chi connectivity index (χ3v) is 4.28. The summed E-state index contributed by atoms with van der Waals surface area (Å²) in [6, 6.07) is 11.0. The molecule has 0 aliphatic heterocycles. The third-order valence-electron chi connectivity index (χ3n) is 4.28. The van der Waals surface area contributed by atoms with E-state index in [9.17, 15) is 0 Å². The molecule has 0 unspecified atom stereocenters. The summed E-state index contributed by atoms with van der Waals surface area (Å²) in [6.07, 6.45) is 8.15. The highest BCUT2D eigenvalue weighted by Crippen LogP contribution is 2.25. The number of hydrogen-bond acceptors (Lipinski definition) is 4. The Labute approximate surface area is 132 Å². The van der Waals surface area contributed by atoms with Gasteiger partial charge < -0.3 is 10.2 Å². The maximum absolute atomic E-state index is 4.43. The zero-order valence-electron chi connectivity index (χ0n) is 13.4. The van der Waals surface area contributed by atoms with Gasteiger partial charge in [-0.3, -0.25) is 0 Å². The van der Waals surface area contributed by atoms with Crippen molar-refractivity contribution in [3.8, 4) is 11.3 Å². The van der Waals surface area contributed by atoms with Crippen molar-refractivity contribution < 1.29 is 0 Å². The van der Waals surface area contributed by atoms with Crippen molar-refractivity contribution in [1.82, 2.24) is 9.97 Å². The van der Waals surface area contributed by atoms with Gasteiger partial charge in [0.05, 0.1) is 5.69 Å². The Bertz CT molecular complexity index is 618. The Balaban J connectivity index is 1.79. The molecule has 116 valence electrons. The summed E-state index contributed by atoms with van der Waals surface area (Å²) in [7, 11) is 4.10. The van der Waals surface area contributed by atoms with Crippen molar-refractivity contribution in [2.24, 2.45) is 0 Å². The van der Waals surface area contributed by atoms with Gasteiger partial charge >= 0.3 is 0 Å². The molecule has 0 radical (unpaired) electrons. The van der Waals surface area contributed by atoms with Crippen LogP contribution in [0.3, 0.4) is 0 Å². The third kappa shape index (κ3) is 3.56. The fourth-order valence-corrected chi connectivity index (χ4v) is 2.99. The summed E-state index contributed by atoms with van der Waals surface area (Å²) in [6.45, 7) is 0. The number of aromatic nitrogens is 2. The lowest BCUT2D eigenvalue weighted by Crippen LogP contribution is -2.22. The van der Waals surface area contributed by atoms with Gasteiger partial charge in [0.1, 0.15) is 12.1 Å². The predicted molar refractivity (Wildman–Crippen MR) is 92.3 cm³/mol. The Hall–Kier alpha value is -2.10. The summed E-state index contributed by atoms with van der Waals surface area (Å²) >= 11 is 0. The quantitative estimate of drug-likeness (QED) is 0.927. The minimum atomic E-state index is 0.560. The number of nitrogens with one attached hydrogen (secondary N) is 1. The van der Waals surface area contributed by atoms with Gasteiger partial charge in [0.2, 0.25) is 0 Å². The molecule has 1 N–H and O–H groups in total. The van der Waals surface area contributed by atoms with Crippen LogP contribution in [0.2, 0.25) is 0 Å². The Morgan fingerprint density at radius 3 is 2.64 bits per heavy atom. The van der Waals surface area contributed by atoms with E-state index in [1.54, 1.807) is 6.33 Å². The van der Waals surface area contributed by atoms with Crippen molar-refractivity contribution >= 4 is 11.5 Å². The molecule has 1 heterocycles. The second-order valence-electron chi connectivity index (χ2n) is 6.21. The number of hydrogen-bond donors (Lipinski definition) is 1. The topological polar surface area (TPSA) is 41.0 Å². The smallest absolute Gasteiger partial charge is 0.130 e. The van der Waals surface area contributed by atoms with Crippen molar-refractivity contribution in [3.63, 3.8) is 0 Å². The van der Waals surface area contributed by atoms with Crippen LogP contribution in [0.4, 0.5) is 11.5 Å². The van der Waals surface area contributed by atoms with Crippen molar-refractivity contribution in [2.45, 2.75) is 38.1 Å². The Kier molecular flexibility index (Phi) is 4.56. The van der Waals surface area contributed by atoms with E-state index in [0.29, 0.717) is 6.04 Å². The summed E-state index contributed by atoms with van der Waals surface area (Å²) in [5, 5.41) is 3.57. The summed E-state index contributed by atoms with van der Waals surface area (Å²) in [5.41, 5.74) is 3.27. The van der Waals surface area contributed by atoms with E-state index >= 15 is 0 Å². The van der Waals surface area contributed by atoms with Gasteiger partial charge in [0.25, 0.3) is 0 Å². The van der Waals surface area contributed by atoms with Gasteiger partial charge in [0.15, 0.2) is 0 Å². The number of rotatable bonds is 4. The van der Waals surface area contributed by atoms with Gasteiger partial charge in [-0.1, -0.05) is 31.4 Å². The molecule has 4 nitrogen and oxygen atoms in total. The van der Waals surface area contributed by atoms with E-state index in [4.69, 9.17) is 0 Å². The van der Waals surface area contributed by atoms with Crippen molar-refractivity contribution in [1.29, 1.82) is 0 Å². The standard InChI is InChI=1S/C18H24N4/c1-22(2)16-10-6-7-14(11-16)17-12-18(20-13-19-17)21-15-8-4-3-5-9-15/h6-7,10-13,15H,3-5,8-9H2,1-2H3,(H,19,20,21). The van der Waals surface area contributed by atoms with Crippen LogP contribution in [0.5, 0.6) is 0 Å². The lowest BCUT2D eigenvalue weighted by atomic mass is 9.95. The SMILES string of the molecule is CN(C)c1cccc(-c2cc(NC3CCCCC3)ncn2)c1. The first kappa shape index (κ1) is 14.8. The zero-order chi connectivity index (χ0) is 15.4. The zero-order valence-corrected chi connectivity index (χ0v) is 13.4. The normalized spacial score (nSPS) is 15.5. The molecular formula is C18H24N4. The van der Waals surface area contributed by atoms with Gasteiger partial charge in [-0.15, -0.1) is 0 Å². The van der Waals surface area contributed by atoms with Gasteiger partial charge in [0, 0.05) is 37.5 Å². The second kappa shape index (κ2) is 6.77. The highest BCUT2D eigenvalue weighted by molar-refractivity contribution is 5.67. The molecule has 22 heavy (non-hydrogen) atoms. The Morgan fingerprint density at radius 1 is 1.05 bits per heavy atom. The molecule has 2 aromatic rings. The molecular weight excluding hydrogens is 272 g/mol. The van der Waals surface area contributed by atoms with Crippen molar-refractivity contribution in [3.05, 3.63) is 36.7 Å². The lowest BCUT2D eigenvalue weighted by Gasteiger charge is -2.23. The molecule has 1 aliphatic rings. The minimum absolute atomic E-state index is 0.560. The molecule has 1 fully saturated rings. The van der Waals surface area contributed by atoms with Crippen LogP contribution in [0, 0.1) is 0 Å². The van der Waals surface area contributed by atoms with Gasteiger partial charge in [-0.2, -0.15) is 0 Å². The number of nitrogens with zero attached hydrogens (tertiary/aromatic N) is 3. The van der Waals surface area contributed by atoms with E-state index in [0.717, 1.165) is 17.1 Å². The molecule has 1 aromatic carbocycles. The molecule has 4 heteroatoms. The highest BCUT2D eigenvalue weighted by Gasteiger charge is 2.14. The van der Waals surface area contributed by atoms with Crippen LogP contribution in [0.1, 0.15) is 32.1 Å². The highest BCUT2D eigenvalue weighted by atomic mass is 15.1. The molecule has 0 bridgehead atoms. The molecule has 1 aromatic heterocycles. The summed E-state index contributed by atoms with van der Waals surface area (Å²) < 4.78 is 0. The van der Waals surface area contributed by atoms with Crippen LogP contribution in [0.25, 0.3) is 11.3 Å². The van der Waals surface area contributed by atoms with Gasteiger partial charge in [-0.05, 0) is 25.0 Å². The van der Waals surface area contributed by atoms with Crippen LogP contribution in [0.15, 0.2) is 36.7 Å². The first-order valence-corrected chi connectivity index (χ1v) is 8.09. The first-order chi connectivity index (χ1) is 10.7. The summed E-state index contributed by atoms with van der Waals surface area (Å²) in [4.78, 5) is 10.9. The van der Waals surface area contributed by atoms with Gasteiger partial charge in [-0.25, -0.2) is 9.97 Å². The molecule has 0 saturated heterocycles. The average molecular weight is 296 g/mol. The number of anilines is 2. The van der Waals surface area contributed by atoms with Crippen LogP contribution in [-0.4, -0.2) is 30.1 Å². The fraction of sp³-hybridized carbons (Fsp3) is 0.444. The monoisotopic (exact) mass is 296 g/mol. The first-order valence-electron chi connectivity index (χ1n) is 8.09. The second-order valence-corrected chi connectivity index (χ2v) is 6.21. The Morgan fingerprint density at radius 2 is 1.86 bits per heavy atom. The maximum atomic E-state index is 4.43. The maximum Gasteiger partial charge on any atom is 0.130 e.